The molecule has 186 valence electrons. The standard InChI is InChI=1S/C23H23F4N5O3/c1-12-17(19-29-8-14(13-3-4-13)10-32(19)31-12)20(33)30-22(5-6-35-11-21(22,2)34)18-16(24)7-15(9-28-18)23(25,26)27/h7-10,13,34H,3-6,11H2,1-2H3,(H,30,33)/t21-,22+/m0/s1. The average Bonchev–Trinajstić information content (AvgIpc) is 3.56. The van der Waals surface area contributed by atoms with Crippen molar-refractivity contribution in [2.45, 2.75) is 56.3 Å². The van der Waals surface area contributed by atoms with E-state index in [4.69, 9.17) is 4.74 Å². The molecule has 0 aromatic carbocycles. The zero-order valence-corrected chi connectivity index (χ0v) is 19.0. The van der Waals surface area contributed by atoms with Gasteiger partial charge in [-0.05, 0) is 44.2 Å². The molecule has 1 saturated carbocycles. The predicted molar refractivity (Wildman–Crippen MR) is 114 cm³/mol. The Kier molecular flexibility index (Phi) is 5.37. The zero-order chi connectivity index (χ0) is 25.2. The van der Waals surface area contributed by atoms with Crippen molar-refractivity contribution < 1.29 is 32.2 Å². The van der Waals surface area contributed by atoms with Crippen LogP contribution in [0.3, 0.4) is 0 Å². The summed E-state index contributed by atoms with van der Waals surface area (Å²) in [6.45, 7) is 2.64. The maximum absolute atomic E-state index is 15.1. The summed E-state index contributed by atoms with van der Waals surface area (Å²) in [5.41, 5.74) is -3.81. The van der Waals surface area contributed by atoms with E-state index in [-0.39, 0.29) is 30.8 Å². The van der Waals surface area contributed by atoms with Crippen molar-refractivity contribution in [3.05, 3.63) is 58.6 Å². The van der Waals surface area contributed by atoms with Crippen LogP contribution in [-0.4, -0.2) is 49.4 Å². The van der Waals surface area contributed by atoms with Gasteiger partial charge in [0, 0.05) is 31.6 Å². The highest BCUT2D eigenvalue weighted by Crippen LogP contribution is 2.42. The van der Waals surface area contributed by atoms with Crippen molar-refractivity contribution in [2.24, 2.45) is 0 Å². The number of alkyl halides is 3. The minimum Gasteiger partial charge on any atom is -0.385 e. The van der Waals surface area contributed by atoms with E-state index in [1.54, 1.807) is 19.3 Å². The summed E-state index contributed by atoms with van der Waals surface area (Å²) < 4.78 is 61.2. The molecular weight excluding hydrogens is 470 g/mol. The first kappa shape index (κ1) is 23.6. The third-order valence-corrected chi connectivity index (χ3v) is 6.77. The van der Waals surface area contributed by atoms with Crippen LogP contribution >= 0.6 is 0 Å². The van der Waals surface area contributed by atoms with E-state index in [0.717, 1.165) is 18.4 Å². The Bertz CT molecular complexity index is 1320. The minimum atomic E-state index is -4.81. The number of amides is 1. The van der Waals surface area contributed by atoms with Crippen LogP contribution in [0.4, 0.5) is 17.6 Å². The lowest BCUT2D eigenvalue weighted by Crippen LogP contribution is -2.65. The Morgan fingerprint density at radius 2 is 2.03 bits per heavy atom. The van der Waals surface area contributed by atoms with Gasteiger partial charge in [0.05, 0.1) is 17.9 Å². The molecule has 0 radical (unpaired) electrons. The highest BCUT2D eigenvalue weighted by molar-refractivity contribution is 6.01. The number of aryl methyl sites for hydroxylation is 1. The molecule has 0 bridgehead atoms. The topological polar surface area (TPSA) is 102 Å². The van der Waals surface area contributed by atoms with Crippen molar-refractivity contribution in [1.29, 1.82) is 0 Å². The molecule has 0 unspecified atom stereocenters. The molecule has 1 aliphatic carbocycles. The molecule has 1 amide bonds. The second-order valence-electron chi connectivity index (χ2n) is 9.38. The van der Waals surface area contributed by atoms with Crippen LogP contribution in [0, 0.1) is 12.7 Å². The normalized spacial score (nSPS) is 25.1. The van der Waals surface area contributed by atoms with Gasteiger partial charge in [0.1, 0.15) is 28.2 Å². The molecule has 2 aliphatic rings. The third kappa shape index (κ3) is 3.94. The van der Waals surface area contributed by atoms with Gasteiger partial charge >= 0.3 is 6.18 Å². The summed E-state index contributed by atoms with van der Waals surface area (Å²) >= 11 is 0. The molecule has 5 rings (SSSR count). The summed E-state index contributed by atoms with van der Waals surface area (Å²) in [6, 6.07) is 0.309. The number of pyridine rings is 1. The lowest BCUT2D eigenvalue weighted by Gasteiger charge is -2.48. The number of nitrogens with one attached hydrogen (secondary N) is 1. The molecule has 2 fully saturated rings. The summed E-state index contributed by atoms with van der Waals surface area (Å²) in [5.74, 6) is -1.60. The van der Waals surface area contributed by atoms with Gasteiger partial charge in [0.25, 0.3) is 5.91 Å². The number of ether oxygens (including phenoxy) is 1. The van der Waals surface area contributed by atoms with Crippen LogP contribution in [0.1, 0.15) is 65.0 Å². The number of aromatic nitrogens is 4. The van der Waals surface area contributed by atoms with E-state index in [9.17, 15) is 23.1 Å². The van der Waals surface area contributed by atoms with Crippen LogP contribution in [-0.2, 0) is 16.5 Å². The molecule has 35 heavy (non-hydrogen) atoms. The fourth-order valence-electron chi connectivity index (χ4n) is 4.63. The Hall–Kier alpha value is -3.12. The first-order valence-electron chi connectivity index (χ1n) is 11.1. The van der Waals surface area contributed by atoms with Crippen LogP contribution in [0.2, 0.25) is 0 Å². The molecule has 8 nitrogen and oxygen atoms in total. The Morgan fingerprint density at radius 1 is 1.29 bits per heavy atom. The van der Waals surface area contributed by atoms with Gasteiger partial charge in [-0.3, -0.25) is 9.78 Å². The molecule has 12 heteroatoms. The lowest BCUT2D eigenvalue weighted by molar-refractivity contribution is -0.142. The van der Waals surface area contributed by atoms with Crippen molar-refractivity contribution in [3.63, 3.8) is 0 Å². The van der Waals surface area contributed by atoms with Crippen LogP contribution < -0.4 is 5.32 Å². The highest BCUT2D eigenvalue weighted by atomic mass is 19.4. The molecule has 3 aromatic rings. The van der Waals surface area contributed by atoms with E-state index >= 15 is 4.39 Å². The van der Waals surface area contributed by atoms with Gasteiger partial charge in [-0.2, -0.15) is 18.3 Å². The van der Waals surface area contributed by atoms with E-state index in [1.165, 1.54) is 11.4 Å². The summed E-state index contributed by atoms with van der Waals surface area (Å²) in [5, 5.41) is 18.3. The summed E-state index contributed by atoms with van der Waals surface area (Å²) in [7, 11) is 0. The molecule has 2 atom stereocenters. The first-order valence-corrected chi connectivity index (χ1v) is 11.1. The van der Waals surface area contributed by atoms with Crippen molar-refractivity contribution in [1.82, 2.24) is 24.9 Å². The van der Waals surface area contributed by atoms with Crippen LogP contribution in [0.15, 0.2) is 24.7 Å². The van der Waals surface area contributed by atoms with Gasteiger partial charge < -0.3 is 15.2 Å². The average molecular weight is 493 g/mol. The van der Waals surface area contributed by atoms with E-state index in [1.807, 2.05) is 0 Å². The van der Waals surface area contributed by atoms with Gasteiger partial charge in [-0.1, -0.05) is 0 Å². The fraction of sp³-hybridized carbons (Fsp3) is 0.478. The Balaban J connectivity index is 1.58. The maximum Gasteiger partial charge on any atom is 0.417 e. The Labute approximate surface area is 197 Å². The molecule has 4 heterocycles. The zero-order valence-electron chi connectivity index (χ0n) is 19.0. The SMILES string of the molecule is Cc1nn2cc(C3CC3)cnc2c1C(=O)N[C@@]1(c2ncc(C(F)(F)F)cc2F)CCOC[C@]1(C)O. The van der Waals surface area contributed by atoms with Crippen LogP contribution in [0.25, 0.3) is 5.65 Å². The number of halogens is 4. The molecule has 0 spiro atoms. The smallest absolute Gasteiger partial charge is 0.385 e. The first-order chi connectivity index (χ1) is 16.4. The van der Waals surface area contributed by atoms with Crippen molar-refractivity contribution >= 4 is 11.6 Å². The molecular formula is C23H23F4N5O3. The van der Waals surface area contributed by atoms with Gasteiger partial charge in [-0.15, -0.1) is 0 Å². The largest absolute Gasteiger partial charge is 0.417 e. The molecule has 1 aliphatic heterocycles. The van der Waals surface area contributed by atoms with Gasteiger partial charge in [0.2, 0.25) is 0 Å². The van der Waals surface area contributed by atoms with E-state index in [2.05, 4.69) is 20.4 Å². The van der Waals surface area contributed by atoms with Crippen LogP contribution in [0.5, 0.6) is 0 Å². The summed E-state index contributed by atoms with van der Waals surface area (Å²) in [6.07, 6.45) is 1.17. The van der Waals surface area contributed by atoms with Gasteiger partial charge in [-0.25, -0.2) is 13.9 Å². The fourth-order valence-corrected chi connectivity index (χ4v) is 4.63. The van der Waals surface area contributed by atoms with Crippen molar-refractivity contribution in [3.8, 4) is 0 Å². The quantitative estimate of drug-likeness (QED) is 0.541. The number of carbonyl (C=O) groups excluding carboxylic acids is 1. The monoisotopic (exact) mass is 493 g/mol. The Morgan fingerprint density at radius 3 is 2.66 bits per heavy atom. The third-order valence-electron chi connectivity index (χ3n) is 6.77. The number of hydrogen-bond donors (Lipinski definition) is 2. The predicted octanol–water partition coefficient (Wildman–Crippen LogP) is 3.26. The van der Waals surface area contributed by atoms with E-state index < -0.39 is 40.3 Å². The number of carbonyl (C=O) groups is 1. The molecule has 3 aromatic heterocycles. The van der Waals surface area contributed by atoms with E-state index in [0.29, 0.717) is 23.9 Å². The number of aliphatic hydroxyl groups is 1. The highest BCUT2D eigenvalue weighted by Gasteiger charge is 2.55. The second-order valence-corrected chi connectivity index (χ2v) is 9.38. The lowest BCUT2D eigenvalue weighted by atomic mass is 9.74. The minimum absolute atomic E-state index is 0.00924. The molecule has 1 saturated heterocycles. The number of rotatable bonds is 4. The summed E-state index contributed by atoms with van der Waals surface area (Å²) in [4.78, 5) is 21.7. The van der Waals surface area contributed by atoms with Crippen molar-refractivity contribution in [2.75, 3.05) is 13.2 Å². The van der Waals surface area contributed by atoms with Gasteiger partial charge in [0.15, 0.2) is 5.65 Å². The number of hydrogen-bond acceptors (Lipinski definition) is 6. The second kappa shape index (κ2) is 7.95. The number of nitrogens with zero attached hydrogens (tertiary/aromatic N) is 4. The number of fused-ring (bicyclic) bond motifs is 1. The molecule has 2 N–H and O–H groups in total. The maximum atomic E-state index is 15.1.